The molecule has 7 heteroatoms. The Bertz CT molecular complexity index is 709. The molecule has 7 nitrogen and oxygen atoms in total. The van der Waals surface area contributed by atoms with Gasteiger partial charge in [0.1, 0.15) is 11.5 Å². The number of fused-ring (bicyclic) bond motifs is 2. The first-order valence-electron chi connectivity index (χ1n) is 10.5. The molecule has 0 aromatic heterocycles. The number of aliphatic hydroxyl groups is 4. The van der Waals surface area contributed by atoms with Crippen LogP contribution in [0, 0.1) is 39.9 Å². The van der Waals surface area contributed by atoms with E-state index >= 15 is 0 Å². The fourth-order valence-corrected chi connectivity index (χ4v) is 8.47. The Balaban J connectivity index is 1.75. The maximum absolute atomic E-state index is 13.8. The third kappa shape index (κ3) is 1.74. The zero-order valence-electron chi connectivity index (χ0n) is 16.8. The Morgan fingerprint density at radius 3 is 2.54 bits per heavy atom. The van der Waals surface area contributed by atoms with Crippen molar-refractivity contribution >= 4 is 5.78 Å². The summed E-state index contributed by atoms with van der Waals surface area (Å²) in [5.74, 6) is -4.11. The van der Waals surface area contributed by atoms with Crippen LogP contribution in [0.3, 0.4) is 0 Å². The van der Waals surface area contributed by atoms with Gasteiger partial charge in [-0.2, -0.15) is 0 Å². The molecule has 0 aromatic rings. The van der Waals surface area contributed by atoms with Gasteiger partial charge in [-0.15, -0.1) is 0 Å². The lowest BCUT2D eigenvalue weighted by Crippen LogP contribution is -2.85. The maximum Gasteiger partial charge on any atom is 0.208 e. The number of methoxy groups -OCH3 is 1. The van der Waals surface area contributed by atoms with Crippen LogP contribution in [0.5, 0.6) is 0 Å². The van der Waals surface area contributed by atoms with Gasteiger partial charge in [0.05, 0.1) is 25.4 Å². The van der Waals surface area contributed by atoms with E-state index in [9.17, 15) is 25.2 Å². The second-order valence-corrected chi connectivity index (χ2v) is 10.6. The molecule has 6 aliphatic rings. The molecule has 0 amide bonds. The highest BCUT2D eigenvalue weighted by Gasteiger charge is 2.87. The zero-order chi connectivity index (χ0) is 20.3. The van der Waals surface area contributed by atoms with Crippen LogP contribution in [0.4, 0.5) is 0 Å². The molecule has 4 saturated carbocycles. The van der Waals surface area contributed by atoms with E-state index in [2.05, 4.69) is 13.8 Å². The zero-order valence-corrected chi connectivity index (χ0v) is 16.8. The van der Waals surface area contributed by atoms with E-state index in [1.807, 2.05) is 0 Å². The Morgan fingerprint density at radius 1 is 1.14 bits per heavy atom. The summed E-state index contributed by atoms with van der Waals surface area (Å²) in [4.78, 5) is 13.8. The molecule has 0 aromatic carbocycles. The monoisotopic (exact) mass is 396 g/mol. The molecule has 158 valence electrons. The van der Waals surface area contributed by atoms with Crippen molar-refractivity contribution in [3.63, 3.8) is 0 Å². The highest BCUT2D eigenvalue weighted by atomic mass is 16.6. The predicted molar refractivity (Wildman–Crippen MR) is 96.9 cm³/mol. The Kier molecular flexibility index (Phi) is 3.85. The summed E-state index contributed by atoms with van der Waals surface area (Å²) in [7, 11) is 1.52. The van der Waals surface area contributed by atoms with E-state index in [0.29, 0.717) is 19.3 Å². The number of hydrogen-bond acceptors (Lipinski definition) is 7. The van der Waals surface area contributed by atoms with Crippen LogP contribution in [0.25, 0.3) is 0 Å². The van der Waals surface area contributed by atoms with E-state index < -0.39 is 52.7 Å². The van der Waals surface area contributed by atoms with Crippen LogP contribution >= 0.6 is 0 Å². The number of rotatable bonds is 2. The van der Waals surface area contributed by atoms with Crippen molar-refractivity contribution in [2.75, 3.05) is 20.3 Å². The largest absolute Gasteiger partial charge is 0.392 e. The fraction of sp³-hybridized carbons (Fsp3) is 0.952. The van der Waals surface area contributed by atoms with Gasteiger partial charge in [0, 0.05) is 24.4 Å². The summed E-state index contributed by atoms with van der Waals surface area (Å²) in [5.41, 5.74) is -2.79. The Hall–Kier alpha value is -0.570. The number of carbonyl (C=O) groups is 1. The predicted octanol–water partition coefficient (Wildman–Crippen LogP) is 0.0820. The quantitative estimate of drug-likeness (QED) is 0.522. The van der Waals surface area contributed by atoms with Gasteiger partial charge in [-0.25, -0.2) is 0 Å². The van der Waals surface area contributed by atoms with Gasteiger partial charge in [-0.3, -0.25) is 4.79 Å². The fourth-order valence-electron chi connectivity index (χ4n) is 8.47. The van der Waals surface area contributed by atoms with E-state index in [1.165, 1.54) is 7.11 Å². The van der Waals surface area contributed by atoms with Gasteiger partial charge in [0.15, 0.2) is 5.78 Å². The van der Waals surface area contributed by atoms with Gasteiger partial charge in [-0.1, -0.05) is 13.8 Å². The third-order valence-electron chi connectivity index (χ3n) is 9.42. The first kappa shape index (κ1) is 19.4. The number of hydrogen-bond donors (Lipinski definition) is 4. The smallest absolute Gasteiger partial charge is 0.208 e. The molecule has 4 N–H and O–H groups in total. The van der Waals surface area contributed by atoms with Crippen molar-refractivity contribution in [2.24, 2.45) is 39.9 Å². The molecule has 2 saturated heterocycles. The van der Waals surface area contributed by atoms with Crippen molar-refractivity contribution in [1.29, 1.82) is 0 Å². The minimum Gasteiger partial charge on any atom is -0.392 e. The number of carbonyl (C=O) groups excluding carboxylic acids is 1. The summed E-state index contributed by atoms with van der Waals surface area (Å²) in [5, 5.41) is 45.8. The summed E-state index contributed by atoms with van der Waals surface area (Å²) >= 11 is 0. The minimum atomic E-state index is -2.14. The van der Waals surface area contributed by atoms with Gasteiger partial charge >= 0.3 is 0 Å². The molecule has 2 spiro atoms. The van der Waals surface area contributed by atoms with Gasteiger partial charge in [0.2, 0.25) is 5.79 Å². The molecular weight excluding hydrogens is 364 g/mol. The van der Waals surface area contributed by atoms with Crippen LogP contribution in [-0.2, 0) is 14.3 Å². The third-order valence-corrected chi connectivity index (χ3v) is 9.42. The average molecular weight is 396 g/mol. The summed E-state index contributed by atoms with van der Waals surface area (Å²) < 4.78 is 11.1. The van der Waals surface area contributed by atoms with Gasteiger partial charge in [-0.05, 0) is 42.9 Å². The van der Waals surface area contributed by atoms with Crippen LogP contribution < -0.4 is 0 Å². The maximum atomic E-state index is 13.8. The van der Waals surface area contributed by atoms with Crippen LogP contribution in [0.15, 0.2) is 0 Å². The van der Waals surface area contributed by atoms with Crippen molar-refractivity contribution in [1.82, 2.24) is 0 Å². The normalized spacial score (nSPS) is 59.1. The summed E-state index contributed by atoms with van der Waals surface area (Å²) in [6.45, 7) is 4.38. The number of ketones is 1. The van der Waals surface area contributed by atoms with Gasteiger partial charge < -0.3 is 29.9 Å². The van der Waals surface area contributed by atoms with Crippen LogP contribution in [0.2, 0.25) is 0 Å². The molecule has 6 fully saturated rings. The average Bonchev–Trinajstić information content (AvgIpc) is 2.76. The van der Waals surface area contributed by atoms with Gasteiger partial charge in [0.25, 0.3) is 0 Å². The lowest BCUT2D eigenvalue weighted by Gasteiger charge is -2.74. The number of aliphatic hydroxyl groups excluding tert-OH is 3. The van der Waals surface area contributed by atoms with Crippen LogP contribution in [-0.4, -0.2) is 70.6 Å². The van der Waals surface area contributed by atoms with Crippen molar-refractivity contribution in [3.8, 4) is 0 Å². The number of ether oxygens (including phenoxy) is 2. The summed E-state index contributed by atoms with van der Waals surface area (Å²) in [6.07, 6.45) is -0.671. The highest BCUT2D eigenvalue weighted by molar-refractivity contribution is 5.93. The van der Waals surface area contributed by atoms with Crippen molar-refractivity contribution < 1.29 is 34.7 Å². The highest BCUT2D eigenvalue weighted by Crippen LogP contribution is 2.76. The van der Waals surface area contributed by atoms with E-state index in [0.717, 1.165) is 6.42 Å². The lowest BCUT2D eigenvalue weighted by molar-refractivity contribution is -0.458. The summed E-state index contributed by atoms with van der Waals surface area (Å²) in [6, 6.07) is 0. The molecule has 0 radical (unpaired) electrons. The Morgan fingerprint density at radius 2 is 1.86 bits per heavy atom. The minimum absolute atomic E-state index is 0.0991. The van der Waals surface area contributed by atoms with E-state index in [-0.39, 0.29) is 30.3 Å². The second-order valence-electron chi connectivity index (χ2n) is 10.6. The van der Waals surface area contributed by atoms with E-state index in [4.69, 9.17) is 9.47 Å². The molecule has 4 aliphatic carbocycles. The molecule has 4 bridgehead atoms. The lowest BCUT2D eigenvalue weighted by atomic mass is 9.35. The van der Waals surface area contributed by atoms with Crippen molar-refractivity contribution in [3.05, 3.63) is 0 Å². The van der Waals surface area contributed by atoms with Crippen molar-refractivity contribution in [2.45, 2.75) is 63.6 Å². The molecule has 2 aliphatic heterocycles. The molecule has 0 unspecified atom stereocenters. The standard InChI is InChI=1S/C21H32O7/c1-18(2)7-6-13(22)19-9-28-21(26,17(25)14(18)19)20-12(19)5-4-10(15(20)23)11(8-27-3)16(20)24/h10-15,17,22-23,25-26H,4-9H2,1-3H3/t10-,11+,12-,13-,14+,15+,17-,19+,20+,21+/m0/s1. The first-order chi connectivity index (χ1) is 13.1. The van der Waals surface area contributed by atoms with Crippen LogP contribution in [0.1, 0.15) is 39.5 Å². The first-order valence-corrected chi connectivity index (χ1v) is 10.5. The SMILES string of the molecule is COC[C@H]1C(=O)[C@]23[C@H](O)[C@H]1CC[C@H]2[C@@]12CO[C@]3(O)[C@@H](O)[C@@H]1C(C)(C)CC[C@@H]2O. The molecule has 28 heavy (non-hydrogen) atoms. The Labute approximate surface area is 165 Å². The number of Topliss-reactive ketones (excluding diaryl/α,β-unsaturated/α-hetero) is 1. The molecule has 10 atom stereocenters. The van der Waals surface area contributed by atoms with E-state index in [1.54, 1.807) is 0 Å². The molecule has 6 rings (SSSR count). The topological polar surface area (TPSA) is 116 Å². The second kappa shape index (κ2) is 5.56. The molecular formula is C21H32O7. The molecule has 2 heterocycles.